The quantitative estimate of drug-likeness (QED) is 0.473. The summed E-state index contributed by atoms with van der Waals surface area (Å²) >= 11 is 6.01. The molecule has 0 heterocycles. The van der Waals surface area contributed by atoms with Crippen molar-refractivity contribution in [3.8, 4) is 5.75 Å². The lowest BCUT2D eigenvalue weighted by Crippen LogP contribution is -2.32. The highest BCUT2D eigenvalue weighted by molar-refractivity contribution is 7.91. The zero-order valence-electron chi connectivity index (χ0n) is 16.5. The Balaban J connectivity index is 1.67. The molecule has 0 aliphatic carbocycles. The average Bonchev–Trinajstić information content (AvgIpc) is 2.76. The van der Waals surface area contributed by atoms with Gasteiger partial charge in [-0.3, -0.25) is 4.79 Å². The molecule has 0 fully saturated rings. The number of halogens is 2. The molecule has 0 aliphatic heterocycles. The number of benzene rings is 3. The van der Waals surface area contributed by atoms with Crippen LogP contribution in [0, 0.1) is 5.82 Å². The first-order valence-corrected chi connectivity index (χ1v) is 11.5. The number of hydrogen-bond donors (Lipinski definition) is 1. The van der Waals surface area contributed by atoms with Gasteiger partial charge in [0.1, 0.15) is 16.8 Å². The SMILES string of the molecule is O=C(CCOc1ccccc1Cl)NCC(c1ccccc1)S(=O)(=O)c1ccc(F)cc1. The van der Waals surface area contributed by atoms with Crippen LogP contribution in [0.25, 0.3) is 0 Å². The van der Waals surface area contributed by atoms with Crippen molar-refractivity contribution in [2.45, 2.75) is 16.6 Å². The van der Waals surface area contributed by atoms with Gasteiger partial charge < -0.3 is 10.1 Å². The fourth-order valence-corrected chi connectivity index (χ4v) is 4.83. The second-order valence-corrected chi connectivity index (χ2v) is 9.27. The van der Waals surface area contributed by atoms with Gasteiger partial charge in [-0.2, -0.15) is 0 Å². The molecule has 0 saturated heterocycles. The van der Waals surface area contributed by atoms with E-state index < -0.39 is 20.9 Å². The van der Waals surface area contributed by atoms with Crippen molar-refractivity contribution in [3.63, 3.8) is 0 Å². The molecular formula is C23H21ClFNO4S. The van der Waals surface area contributed by atoms with Crippen LogP contribution in [0.4, 0.5) is 4.39 Å². The van der Waals surface area contributed by atoms with Crippen LogP contribution in [0.1, 0.15) is 17.2 Å². The Morgan fingerprint density at radius 3 is 2.29 bits per heavy atom. The fourth-order valence-electron chi connectivity index (χ4n) is 2.97. The van der Waals surface area contributed by atoms with E-state index in [2.05, 4.69) is 5.32 Å². The van der Waals surface area contributed by atoms with Crippen molar-refractivity contribution in [1.82, 2.24) is 5.32 Å². The zero-order valence-corrected chi connectivity index (χ0v) is 18.1. The molecule has 0 aromatic heterocycles. The minimum atomic E-state index is -3.87. The van der Waals surface area contributed by atoms with Crippen LogP contribution in [-0.4, -0.2) is 27.5 Å². The summed E-state index contributed by atoms with van der Waals surface area (Å²) in [4.78, 5) is 12.3. The molecule has 31 heavy (non-hydrogen) atoms. The molecule has 8 heteroatoms. The summed E-state index contributed by atoms with van der Waals surface area (Å²) in [5.74, 6) is -0.414. The van der Waals surface area contributed by atoms with E-state index in [1.807, 2.05) is 0 Å². The molecule has 1 amide bonds. The molecule has 3 aromatic carbocycles. The Labute approximate surface area is 185 Å². The highest BCUT2D eigenvalue weighted by atomic mass is 35.5. The van der Waals surface area contributed by atoms with Gasteiger partial charge in [0.15, 0.2) is 9.84 Å². The first-order valence-electron chi connectivity index (χ1n) is 9.56. The summed E-state index contributed by atoms with van der Waals surface area (Å²) in [5, 5.41) is 2.09. The second kappa shape index (κ2) is 10.4. The maximum Gasteiger partial charge on any atom is 0.223 e. The van der Waals surface area contributed by atoms with E-state index in [0.717, 1.165) is 12.1 Å². The maximum atomic E-state index is 13.2. The standard InChI is InChI=1S/C23H21ClFNO4S/c24-20-8-4-5-9-21(20)30-15-14-23(27)26-16-22(17-6-2-1-3-7-17)31(28,29)19-12-10-18(25)11-13-19/h1-13,22H,14-16H2,(H,26,27). The summed E-state index contributed by atoms with van der Waals surface area (Å²) in [6, 6.07) is 20.1. The van der Waals surface area contributed by atoms with E-state index in [9.17, 15) is 17.6 Å². The minimum absolute atomic E-state index is 0.0148. The summed E-state index contributed by atoms with van der Waals surface area (Å²) in [7, 11) is -3.87. The molecule has 162 valence electrons. The largest absolute Gasteiger partial charge is 0.491 e. The summed E-state index contributed by atoms with van der Waals surface area (Å²) < 4.78 is 45.1. The number of carbonyl (C=O) groups excluding carboxylic acids is 1. The first-order chi connectivity index (χ1) is 14.9. The lowest BCUT2D eigenvalue weighted by Gasteiger charge is -2.19. The Hall–Kier alpha value is -2.90. The molecule has 1 atom stereocenters. The third kappa shape index (κ3) is 6.06. The summed E-state index contributed by atoms with van der Waals surface area (Å²) in [6.07, 6.45) is 0.0311. The molecule has 3 aromatic rings. The van der Waals surface area contributed by atoms with Crippen molar-refractivity contribution >= 4 is 27.3 Å². The number of ether oxygens (including phenoxy) is 1. The zero-order chi connectivity index (χ0) is 22.3. The lowest BCUT2D eigenvalue weighted by molar-refractivity contribution is -0.121. The molecule has 0 saturated carbocycles. The third-order valence-corrected chi connectivity index (χ3v) is 7.03. The Morgan fingerprint density at radius 1 is 0.968 bits per heavy atom. The first kappa shape index (κ1) is 22.8. The van der Waals surface area contributed by atoms with Crippen molar-refractivity contribution in [1.29, 1.82) is 0 Å². The van der Waals surface area contributed by atoms with Gasteiger partial charge in [-0.15, -0.1) is 0 Å². The van der Waals surface area contributed by atoms with Crippen LogP contribution in [0.2, 0.25) is 5.02 Å². The highest BCUT2D eigenvalue weighted by Crippen LogP contribution is 2.28. The van der Waals surface area contributed by atoms with Crippen molar-refractivity contribution in [2.24, 2.45) is 0 Å². The van der Waals surface area contributed by atoms with Crippen molar-refractivity contribution in [2.75, 3.05) is 13.2 Å². The molecule has 0 aliphatic rings. The Kier molecular flexibility index (Phi) is 7.65. The van der Waals surface area contributed by atoms with E-state index >= 15 is 0 Å². The van der Waals surface area contributed by atoms with Crippen LogP contribution in [-0.2, 0) is 14.6 Å². The number of carbonyl (C=O) groups is 1. The van der Waals surface area contributed by atoms with E-state index in [0.29, 0.717) is 16.3 Å². The number of nitrogens with one attached hydrogen (secondary N) is 1. The van der Waals surface area contributed by atoms with Crippen LogP contribution < -0.4 is 10.1 Å². The van der Waals surface area contributed by atoms with Crippen LogP contribution in [0.15, 0.2) is 83.8 Å². The van der Waals surface area contributed by atoms with Gasteiger partial charge in [-0.25, -0.2) is 12.8 Å². The van der Waals surface area contributed by atoms with E-state index in [1.165, 1.54) is 12.1 Å². The normalized spacial score (nSPS) is 12.2. The third-order valence-electron chi connectivity index (χ3n) is 4.60. The van der Waals surface area contributed by atoms with E-state index in [4.69, 9.17) is 16.3 Å². The molecular weight excluding hydrogens is 441 g/mol. The number of hydrogen-bond acceptors (Lipinski definition) is 4. The molecule has 0 bridgehead atoms. The van der Waals surface area contributed by atoms with Crippen LogP contribution in [0.5, 0.6) is 5.75 Å². The van der Waals surface area contributed by atoms with E-state index in [-0.39, 0.29) is 30.4 Å². The van der Waals surface area contributed by atoms with Crippen molar-refractivity contribution in [3.05, 3.63) is 95.3 Å². The van der Waals surface area contributed by atoms with Gasteiger partial charge in [-0.1, -0.05) is 54.1 Å². The van der Waals surface area contributed by atoms with Crippen LogP contribution in [0.3, 0.4) is 0 Å². The molecule has 0 radical (unpaired) electrons. The molecule has 1 N–H and O–H groups in total. The summed E-state index contributed by atoms with van der Waals surface area (Å²) in [5.41, 5.74) is 0.527. The molecule has 0 spiro atoms. The van der Waals surface area contributed by atoms with Gasteiger partial charge in [0.05, 0.1) is 22.9 Å². The topological polar surface area (TPSA) is 72.5 Å². The highest BCUT2D eigenvalue weighted by Gasteiger charge is 2.29. The smallest absolute Gasteiger partial charge is 0.223 e. The molecule has 1 unspecified atom stereocenters. The number of rotatable bonds is 9. The van der Waals surface area contributed by atoms with E-state index in [1.54, 1.807) is 54.6 Å². The Bertz CT molecular complexity index is 1120. The lowest BCUT2D eigenvalue weighted by atomic mass is 10.1. The predicted octanol–water partition coefficient (Wildman–Crippen LogP) is 4.58. The number of amides is 1. The molecule has 5 nitrogen and oxygen atoms in total. The van der Waals surface area contributed by atoms with Gasteiger partial charge in [0.2, 0.25) is 5.91 Å². The number of para-hydroxylation sites is 1. The van der Waals surface area contributed by atoms with Gasteiger partial charge in [0, 0.05) is 6.54 Å². The van der Waals surface area contributed by atoms with Gasteiger partial charge in [0.25, 0.3) is 0 Å². The van der Waals surface area contributed by atoms with Crippen molar-refractivity contribution < 1.29 is 22.3 Å². The maximum absolute atomic E-state index is 13.2. The summed E-state index contributed by atoms with van der Waals surface area (Å²) in [6.45, 7) is -0.0368. The van der Waals surface area contributed by atoms with Gasteiger partial charge >= 0.3 is 0 Å². The monoisotopic (exact) mass is 461 g/mol. The number of sulfone groups is 1. The Morgan fingerprint density at radius 2 is 1.61 bits per heavy atom. The average molecular weight is 462 g/mol. The minimum Gasteiger partial charge on any atom is -0.491 e. The second-order valence-electron chi connectivity index (χ2n) is 6.73. The predicted molar refractivity (Wildman–Crippen MR) is 117 cm³/mol. The van der Waals surface area contributed by atoms with Crippen LogP contribution >= 0.6 is 11.6 Å². The molecule has 3 rings (SSSR count). The van der Waals surface area contributed by atoms with Gasteiger partial charge in [-0.05, 0) is 42.0 Å². The fraction of sp³-hybridized carbons (Fsp3) is 0.174.